The number of nitrogens with two attached hydrogens (primary N) is 1. The van der Waals surface area contributed by atoms with Gasteiger partial charge in [-0.2, -0.15) is 0 Å². The number of hydrogen-bond donors (Lipinski definition) is 2. The molecule has 0 heterocycles. The Morgan fingerprint density at radius 3 is 2.55 bits per heavy atom. The standard InChI is InChI=1S/C15H14BrClN2O/c1-9(10-2-4-11(16)5-3-10)19-15(20)13-8-12(17)6-7-14(13)18/h2-9H,18H2,1H3,(H,19,20)/t9-/m0/s1. The molecule has 2 aromatic rings. The molecule has 1 amide bonds. The fraction of sp³-hybridized carbons (Fsp3) is 0.133. The minimum atomic E-state index is -0.236. The van der Waals surface area contributed by atoms with Gasteiger partial charge in [0.15, 0.2) is 0 Å². The van der Waals surface area contributed by atoms with Crippen molar-refractivity contribution in [2.75, 3.05) is 5.73 Å². The van der Waals surface area contributed by atoms with Crippen LogP contribution in [0.15, 0.2) is 46.9 Å². The molecular formula is C15H14BrClN2O. The van der Waals surface area contributed by atoms with Crippen molar-refractivity contribution in [3.63, 3.8) is 0 Å². The zero-order valence-corrected chi connectivity index (χ0v) is 13.2. The van der Waals surface area contributed by atoms with Crippen molar-refractivity contribution in [3.05, 3.63) is 63.1 Å². The molecule has 0 aliphatic carbocycles. The molecule has 0 spiro atoms. The molecule has 3 nitrogen and oxygen atoms in total. The molecule has 0 radical (unpaired) electrons. The summed E-state index contributed by atoms with van der Waals surface area (Å²) in [5.41, 5.74) is 7.62. The van der Waals surface area contributed by atoms with Crippen LogP contribution in [0.2, 0.25) is 5.02 Å². The van der Waals surface area contributed by atoms with Gasteiger partial charge in [0.1, 0.15) is 0 Å². The highest BCUT2D eigenvalue weighted by molar-refractivity contribution is 9.10. The molecule has 2 aromatic carbocycles. The Morgan fingerprint density at radius 1 is 1.25 bits per heavy atom. The van der Waals surface area contributed by atoms with Gasteiger partial charge in [-0.3, -0.25) is 4.79 Å². The quantitative estimate of drug-likeness (QED) is 0.813. The normalized spacial score (nSPS) is 11.9. The van der Waals surface area contributed by atoms with Crippen molar-refractivity contribution < 1.29 is 4.79 Å². The van der Waals surface area contributed by atoms with Crippen molar-refractivity contribution in [1.82, 2.24) is 5.32 Å². The van der Waals surface area contributed by atoms with Gasteiger partial charge in [-0.25, -0.2) is 0 Å². The van der Waals surface area contributed by atoms with Crippen molar-refractivity contribution >= 4 is 39.1 Å². The van der Waals surface area contributed by atoms with Crippen LogP contribution in [0.1, 0.15) is 28.9 Å². The molecule has 0 aliphatic heterocycles. The second kappa shape index (κ2) is 6.29. The molecule has 0 bridgehead atoms. The number of benzene rings is 2. The SMILES string of the molecule is C[C@H](NC(=O)c1cc(Cl)ccc1N)c1ccc(Br)cc1. The maximum atomic E-state index is 12.2. The smallest absolute Gasteiger partial charge is 0.253 e. The van der Waals surface area contributed by atoms with E-state index in [-0.39, 0.29) is 11.9 Å². The Labute approximate surface area is 131 Å². The van der Waals surface area contributed by atoms with E-state index in [1.54, 1.807) is 18.2 Å². The lowest BCUT2D eigenvalue weighted by Gasteiger charge is -2.15. The number of carbonyl (C=O) groups is 1. The van der Waals surface area contributed by atoms with Gasteiger partial charge in [0.05, 0.1) is 11.6 Å². The largest absolute Gasteiger partial charge is 0.398 e. The molecule has 5 heteroatoms. The van der Waals surface area contributed by atoms with E-state index < -0.39 is 0 Å². The first-order valence-electron chi connectivity index (χ1n) is 6.08. The van der Waals surface area contributed by atoms with Crippen LogP contribution < -0.4 is 11.1 Å². The molecule has 0 aromatic heterocycles. The van der Waals surface area contributed by atoms with Crippen LogP contribution in [-0.4, -0.2) is 5.91 Å². The summed E-state index contributed by atoms with van der Waals surface area (Å²) in [6.45, 7) is 1.92. The van der Waals surface area contributed by atoms with E-state index in [0.717, 1.165) is 10.0 Å². The van der Waals surface area contributed by atoms with Crippen LogP contribution in [0.3, 0.4) is 0 Å². The fourth-order valence-electron chi connectivity index (χ4n) is 1.83. The van der Waals surface area contributed by atoms with E-state index in [1.165, 1.54) is 0 Å². The molecule has 20 heavy (non-hydrogen) atoms. The number of amides is 1. The van der Waals surface area contributed by atoms with E-state index in [0.29, 0.717) is 16.3 Å². The average molecular weight is 354 g/mol. The Kier molecular flexibility index (Phi) is 4.68. The van der Waals surface area contributed by atoms with Gasteiger partial charge < -0.3 is 11.1 Å². The molecule has 0 saturated heterocycles. The monoisotopic (exact) mass is 352 g/mol. The fourth-order valence-corrected chi connectivity index (χ4v) is 2.27. The summed E-state index contributed by atoms with van der Waals surface area (Å²) in [5, 5.41) is 3.39. The predicted octanol–water partition coefficient (Wildman–Crippen LogP) is 4.18. The van der Waals surface area contributed by atoms with Crippen LogP contribution in [-0.2, 0) is 0 Å². The summed E-state index contributed by atoms with van der Waals surface area (Å²) in [6, 6.07) is 12.5. The van der Waals surface area contributed by atoms with Crippen molar-refractivity contribution in [2.45, 2.75) is 13.0 Å². The second-order valence-corrected chi connectivity index (χ2v) is 5.83. The predicted molar refractivity (Wildman–Crippen MR) is 85.9 cm³/mol. The number of carbonyl (C=O) groups excluding carboxylic acids is 1. The first-order chi connectivity index (χ1) is 9.47. The van der Waals surface area contributed by atoms with E-state index in [4.69, 9.17) is 17.3 Å². The zero-order valence-electron chi connectivity index (χ0n) is 10.9. The number of hydrogen-bond acceptors (Lipinski definition) is 2. The molecule has 0 aliphatic rings. The summed E-state index contributed by atoms with van der Waals surface area (Å²) >= 11 is 9.27. The average Bonchev–Trinajstić information content (AvgIpc) is 2.42. The Bertz CT molecular complexity index is 628. The summed E-state index contributed by atoms with van der Waals surface area (Å²) < 4.78 is 0.999. The van der Waals surface area contributed by atoms with Crippen LogP contribution in [0.4, 0.5) is 5.69 Å². The molecule has 104 valence electrons. The summed E-state index contributed by atoms with van der Waals surface area (Å²) in [4.78, 5) is 12.2. The highest BCUT2D eigenvalue weighted by Crippen LogP contribution is 2.20. The van der Waals surface area contributed by atoms with Crippen LogP contribution in [0, 0.1) is 0 Å². The minimum Gasteiger partial charge on any atom is -0.398 e. The lowest BCUT2D eigenvalue weighted by molar-refractivity contribution is 0.0941. The van der Waals surface area contributed by atoms with Gasteiger partial charge in [0, 0.05) is 15.2 Å². The number of nitrogen functional groups attached to an aromatic ring is 1. The maximum absolute atomic E-state index is 12.2. The number of halogens is 2. The zero-order chi connectivity index (χ0) is 14.7. The molecule has 0 saturated carbocycles. The Hall–Kier alpha value is -1.52. The summed E-state index contributed by atoms with van der Waals surface area (Å²) in [6.07, 6.45) is 0. The third-order valence-corrected chi connectivity index (χ3v) is 3.74. The molecule has 0 unspecified atom stereocenters. The minimum absolute atomic E-state index is 0.117. The van der Waals surface area contributed by atoms with Crippen LogP contribution in [0.25, 0.3) is 0 Å². The lowest BCUT2D eigenvalue weighted by Crippen LogP contribution is -2.27. The Morgan fingerprint density at radius 2 is 1.90 bits per heavy atom. The Balaban J connectivity index is 2.15. The van der Waals surface area contributed by atoms with Gasteiger partial charge in [-0.1, -0.05) is 39.7 Å². The van der Waals surface area contributed by atoms with Gasteiger partial charge in [0.25, 0.3) is 5.91 Å². The maximum Gasteiger partial charge on any atom is 0.253 e. The highest BCUT2D eigenvalue weighted by atomic mass is 79.9. The van der Waals surface area contributed by atoms with Crippen molar-refractivity contribution in [3.8, 4) is 0 Å². The lowest BCUT2D eigenvalue weighted by atomic mass is 10.1. The first kappa shape index (κ1) is 14.9. The number of rotatable bonds is 3. The van der Waals surface area contributed by atoms with Crippen LogP contribution in [0.5, 0.6) is 0 Å². The second-order valence-electron chi connectivity index (χ2n) is 4.48. The third kappa shape index (κ3) is 3.52. The van der Waals surface area contributed by atoms with Gasteiger partial charge in [0.2, 0.25) is 0 Å². The highest BCUT2D eigenvalue weighted by Gasteiger charge is 2.14. The van der Waals surface area contributed by atoms with Gasteiger partial charge >= 0.3 is 0 Å². The van der Waals surface area contributed by atoms with E-state index in [1.807, 2.05) is 31.2 Å². The topological polar surface area (TPSA) is 55.1 Å². The van der Waals surface area contributed by atoms with Gasteiger partial charge in [-0.15, -0.1) is 0 Å². The van der Waals surface area contributed by atoms with E-state index >= 15 is 0 Å². The van der Waals surface area contributed by atoms with Crippen molar-refractivity contribution in [1.29, 1.82) is 0 Å². The third-order valence-electron chi connectivity index (χ3n) is 2.98. The molecule has 0 fully saturated rings. The van der Waals surface area contributed by atoms with E-state index in [2.05, 4.69) is 21.2 Å². The summed E-state index contributed by atoms with van der Waals surface area (Å²) in [7, 11) is 0. The summed E-state index contributed by atoms with van der Waals surface area (Å²) in [5.74, 6) is -0.236. The van der Waals surface area contributed by atoms with E-state index in [9.17, 15) is 4.79 Å². The molecule has 1 atom stereocenters. The number of nitrogens with one attached hydrogen (secondary N) is 1. The number of anilines is 1. The molecule has 3 N–H and O–H groups in total. The van der Waals surface area contributed by atoms with Crippen molar-refractivity contribution in [2.24, 2.45) is 0 Å². The van der Waals surface area contributed by atoms with Crippen LogP contribution >= 0.6 is 27.5 Å². The molecular weight excluding hydrogens is 340 g/mol. The van der Waals surface area contributed by atoms with Gasteiger partial charge in [-0.05, 0) is 42.8 Å². The molecule has 2 rings (SSSR count). The first-order valence-corrected chi connectivity index (χ1v) is 7.26.